The summed E-state index contributed by atoms with van der Waals surface area (Å²) in [4.78, 5) is 14.7. The second-order valence-corrected chi connectivity index (χ2v) is 4.75. The molecule has 0 saturated heterocycles. The summed E-state index contributed by atoms with van der Waals surface area (Å²) in [5.41, 5.74) is 4.18. The Morgan fingerprint density at radius 2 is 1.95 bits per heavy atom. The van der Waals surface area contributed by atoms with Gasteiger partial charge >= 0.3 is 0 Å². The van der Waals surface area contributed by atoms with Crippen molar-refractivity contribution < 1.29 is 9.34 Å². The lowest BCUT2D eigenvalue weighted by Gasteiger charge is -2.01. The molecule has 0 aliphatic rings. The first-order valence-corrected chi connectivity index (χ1v) is 6.17. The number of non-ortho nitro benzene ring substituents is 1. The fourth-order valence-corrected chi connectivity index (χ4v) is 2.20. The van der Waals surface area contributed by atoms with Gasteiger partial charge in [-0.15, -0.1) is 0 Å². The molecule has 0 fully saturated rings. The van der Waals surface area contributed by atoms with Crippen molar-refractivity contribution in [1.82, 2.24) is 4.98 Å². The van der Waals surface area contributed by atoms with E-state index in [2.05, 4.69) is 4.98 Å². The normalized spacial score (nSPS) is 10.9. The van der Waals surface area contributed by atoms with Gasteiger partial charge < -0.3 is 4.42 Å². The Balaban J connectivity index is 2.15. The van der Waals surface area contributed by atoms with Crippen LogP contribution in [0.25, 0.3) is 22.6 Å². The highest BCUT2D eigenvalue weighted by atomic mass is 16.6. The first kappa shape index (κ1) is 12.3. The van der Waals surface area contributed by atoms with Gasteiger partial charge in [-0.2, -0.15) is 0 Å². The van der Waals surface area contributed by atoms with Crippen molar-refractivity contribution in [1.29, 1.82) is 0 Å². The third-order valence-electron chi connectivity index (χ3n) is 3.19. The molecule has 0 spiro atoms. The molecule has 0 radical (unpaired) electrons. The number of hydrogen-bond acceptors (Lipinski definition) is 4. The molecular weight excluding hydrogens is 256 g/mol. The fraction of sp³-hybridized carbons (Fsp3) is 0.133. The predicted molar refractivity (Wildman–Crippen MR) is 75.6 cm³/mol. The average molecular weight is 268 g/mol. The van der Waals surface area contributed by atoms with Gasteiger partial charge in [-0.05, 0) is 31.5 Å². The van der Waals surface area contributed by atoms with Crippen LogP contribution in [0.1, 0.15) is 11.1 Å². The Hall–Kier alpha value is -2.69. The van der Waals surface area contributed by atoms with Crippen LogP contribution < -0.4 is 0 Å². The summed E-state index contributed by atoms with van der Waals surface area (Å²) >= 11 is 0. The Morgan fingerprint density at radius 3 is 2.65 bits per heavy atom. The zero-order valence-corrected chi connectivity index (χ0v) is 11.1. The SMILES string of the molecule is Cc1ccc(-c2nc3cc([N+](=O)[O-])ccc3o2)c(C)c1. The highest BCUT2D eigenvalue weighted by Crippen LogP contribution is 2.29. The molecular formula is C15H12N2O3. The summed E-state index contributed by atoms with van der Waals surface area (Å²) in [6.45, 7) is 4.01. The minimum atomic E-state index is -0.440. The van der Waals surface area contributed by atoms with Gasteiger partial charge in [0.15, 0.2) is 5.58 Å². The molecule has 3 rings (SSSR count). The van der Waals surface area contributed by atoms with Crippen LogP contribution in [0.2, 0.25) is 0 Å². The standard InChI is InChI=1S/C15H12N2O3/c1-9-3-5-12(10(2)7-9)15-16-13-8-11(17(18)19)4-6-14(13)20-15/h3-8H,1-2H3. The van der Waals surface area contributed by atoms with Gasteiger partial charge in [0, 0.05) is 17.7 Å². The summed E-state index contributed by atoms with van der Waals surface area (Å²) in [6, 6.07) is 10.4. The molecule has 0 N–H and O–H groups in total. The first-order valence-electron chi connectivity index (χ1n) is 6.17. The number of rotatable bonds is 2. The van der Waals surface area contributed by atoms with Crippen molar-refractivity contribution in [3.8, 4) is 11.5 Å². The topological polar surface area (TPSA) is 69.2 Å². The lowest BCUT2D eigenvalue weighted by atomic mass is 10.1. The third kappa shape index (κ3) is 2.03. The molecule has 2 aromatic carbocycles. The van der Waals surface area contributed by atoms with E-state index in [1.165, 1.54) is 12.1 Å². The van der Waals surface area contributed by atoms with Gasteiger partial charge in [-0.1, -0.05) is 17.7 Å². The summed E-state index contributed by atoms with van der Waals surface area (Å²) in [7, 11) is 0. The van der Waals surface area contributed by atoms with Gasteiger partial charge in [-0.3, -0.25) is 10.1 Å². The van der Waals surface area contributed by atoms with Gasteiger partial charge in [0.05, 0.1) is 4.92 Å². The quantitative estimate of drug-likeness (QED) is 0.520. The number of oxazole rings is 1. The molecule has 0 amide bonds. The number of aromatic nitrogens is 1. The van der Waals surface area contributed by atoms with Gasteiger partial charge in [0.1, 0.15) is 5.52 Å². The molecule has 0 atom stereocenters. The molecule has 0 unspecified atom stereocenters. The molecule has 0 aliphatic heterocycles. The Kier molecular flexibility index (Phi) is 2.75. The fourth-order valence-electron chi connectivity index (χ4n) is 2.20. The van der Waals surface area contributed by atoms with Crippen molar-refractivity contribution in [2.45, 2.75) is 13.8 Å². The maximum Gasteiger partial charge on any atom is 0.271 e. The van der Waals surface area contributed by atoms with E-state index in [-0.39, 0.29) is 5.69 Å². The Morgan fingerprint density at radius 1 is 1.15 bits per heavy atom. The minimum Gasteiger partial charge on any atom is -0.436 e. The Labute approximate surface area is 115 Å². The summed E-state index contributed by atoms with van der Waals surface area (Å²) < 4.78 is 5.68. The van der Waals surface area contributed by atoms with E-state index in [1.54, 1.807) is 6.07 Å². The number of benzene rings is 2. The van der Waals surface area contributed by atoms with Crippen molar-refractivity contribution >= 4 is 16.8 Å². The Bertz CT molecular complexity index is 821. The van der Waals surface area contributed by atoms with Crippen molar-refractivity contribution in [2.75, 3.05) is 0 Å². The highest BCUT2D eigenvalue weighted by molar-refractivity contribution is 5.79. The largest absolute Gasteiger partial charge is 0.436 e. The molecule has 1 heterocycles. The maximum atomic E-state index is 10.8. The highest BCUT2D eigenvalue weighted by Gasteiger charge is 2.13. The second kappa shape index (κ2) is 4.45. The van der Waals surface area contributed by atoms with Crippen LogP contribution in [0, 0.1) is 24.0 Å². The van der Waals surface area contributed by atoms with Crippen molar-refractivity contribution in [3.05, 3.63) is 57.6 Å². The lowest BCUT2D eigenvalue weighted by Crippen LogP contribution is -1.86. The molecule has 5 heteroatoms. The number of nitro groups is 1. The number of nitrogens with zero attached hydrogens (tertiary/aromatic N) is 2. The smallest absolute Gasteiger partial charge is 0.271 e. The number of hydrogen-bond donors (Lipinski definition) is 0. The summed E-state index contributed by atoms with van der Waals surface area (Å²) in [5.74, 6) is 0.484. The monoisotopic (exact) mass is 268 g/mol. The maximum absolute atomic E-state index is 10.8. The second-order valence-electron chi connectivity index (χ2n) is 4.75. The number of nitro benzene ring substituents is 1. The van der Waals surface area contributed by atoms with Crippen LogP contribution in [-0.2, 0) is 0 Å². The van der Waals surface area contributed by atoms with E-state index in [9.17, 15) is 10.1 Å². The predicted octanol–water partition coefficient (Wildman–Crippen LogP) is 4.02. The molecule has 100 valence electrons. The zero-order valence-electron chi connectivity index (χ0n) is 11.1. The molecule has 0 saturated carbocycles. The van der Waals surface area contributed by atoms with Gasteiger partial charge in [-0.25, -0.2) is 4.98 Å². The lowest BCUT2D eigenvalue weighted by molar-refractivity contribution is -0.384. The van der Waals surface area contributed by atoms with E-state index in [0.717, 1.165) is 16.7 Å². The van der Waals surface area contributed by atoms with Crippen LogP contribution in [0.15, 0.2) is 40.8 Å². The van der Waals surface area contributed by atoms with Gasteiger partial charge in [0.2, 0.25) is 5.89 Å². The molecule has 0 aliphatic carbocycles. The van der Waals surface area contributed by atoms with Crippen LogP contribution in [-0.4, -0.2) is 9.91 Å². The zero-order chi connectivity index (χ0) is 14.3. The van der Waals surface area contributed by atoms with Crippen LogP contribution in [0.3, 0.4) is 0 Å². The molecule has 20 heavy (non-hydrogen) atoms. The van der Waals surface area contributed by atoms with Crippen LogP contribution in [0.5, 0.6) is 0 Å². The number of aryl methyl sites for hydroxylation is 2. The van der Waals surface area contributed by atoms with Crippen molar-refractivity contribution in [3.63, 3.8) is 0 Å². The minimum absolute atomic E-state index is 0.0120. The van der Waals surface area contributed by atoms with E-state index in [0.29, 0.717) is 17.0 Å². The molecule has 3 aromatic rings. The summed E-state index contributed by atoms with van der Waals surface area (Å²) in [5, 5.41) is 10.8. The number of fused-ring (bicyclic) bond motifs is 1. The van der Waals surface area contributed by atoms with Crippen molar-refractivity contribution in [2.24, 2.45) is 0 Å². The van der Waals surface area contributed by atoms with E-state index in [1.807, 2.05) is 32.0 Å². The summed E-state index contributed by atoms with van der Waals surface area (Å²) in [6.07, 6.45) is 0. The molecule has 1 aromatic heterocycles. The molecule has 0 bridgehead atoms. The first-order chi connectivity index (χ1) is 9.54. The van der Waals surface area contributed by atoms with E-state index >= 15 is 0 Å². The molecule has 5 nitrogen and oxygen atoms in total. The third-order valence-corrected chi connectivity index (χ3v) is 3.19. The van der Waals surface area contributed by atoms with Gasteiger partial charge in [0.25, 0.3) is 5.69 Å². The van der Waals surface area contributed by atoms with E-state index in [4.69, 9.17) is 4.42 Å². The average Bonchev–Trinajstić information content (AvgIpc) is 2.80. The van der Waals surface area contributed by atoms with E-state index < -0.39 is 4.92 Å². The van der Waals surface area contributed by atoms with Crippen LogP contribution in [0.4, 0.5) is 5.69 Å². The van der Waals surface area contributed by atoms with Crippen LogP contribution >= 0.6 is 0 Å².